The molecule has 0 saturated carbocycles. The van der Waals surface area contributed by atoms with E-state index >= 15 is 0 Å². The third-order valence-corrected chi connectivity index (χ3v) is 4.84. The number of rotatable bonds is 6. The Hall–Kier alpha value is -1.81. The first-order valence-corrected chi connectivity index (χ1v) is 8.72. The zero-order valence-corrected chi connectivity index (χ0v) is 13.4. The average Bonchev–Trinajstić information content (AvgIpc) is 3.20. The lowest BCUT2D eigenvalue weighted by molar-refractivity contribution is -0.129. The Bertz CT molecular complexity index is 582. The van der Waals surface area contributed by atoms with E-state index in [9.17, 15) is 4.79 Å². The first kappa shape index (κ1) is 15.1. The van der Waals surface area contributed by atoms with Crippen LogP contribution in [0, 0.1) is 5.92 Å². The Balaban J connectivity index is 1.39. The molecule has 1 fully saturated rings. The van der Waals surface area contributed by atoms with Gasteiger partial charge in [-0.05, 0) is 53.3 Å². The number of likely N-dealkylation sites (tertiary alicyclic amines) is 1. The summed E-state index contributed by atoms with van der Waals surface area (Å²) in [6.07, 6.45) is 2.64. The van der Waals surface area contributed by atoms with Gasteiger partial charge in [0.2, 0.25) is 5.91 Å². The van der Waals surface area contributed by atoms with Crippen LogP contribution < -0.4 is 4.74 Å². The Kier molecular flexibility index (Phi) is 5.11. The number of benzene rings is 1. The SMILES string of the molecule is O=C(Cc1ccsc1)N1CC[C@H](CCOc2ccccc2)C1. The molecule has 1 aliphatic heterocycles. The summed E-state index contributed by atoms with van der Waals surface area (Å²) in [7, 11) is 0. The minimum atomic E-state index is 0.255. The molecule has 0 N–H and O–H groups in total. The second-order valence-electron chi connectivity index (χ2n) is 5.75. The monoisotopic (exact) mass is 315 g/mol. The van der Waals surface area contributed by atoms with Gasteiger partial charge in [0.25, 0.3) is 0 Å². The number of hydrogen-bond acceptors (Lipinski definition) is 3. The smallest absolute Gasteiger partial charge is 0.227 e. The van der Waals surface area contributed by atoms with Gasteiger partial charge in [-0.25, -0.2) is 0 Å². The average molecular weight is 315 g/mol. The van der Waals surface area contributed by atoms with Gasteiger partial charge in [0.1, 0.15) is 5.75 Å². The fraction of sp³-hybridized carbons (Fsp3) is 0.389. The van der Waals surface area contributed by atoms with Crippen LogP contribution in [0.1, 0.15) is 18.4 Å². The fourth-order valence-corrected chi connectivity index (χ4v) is 3.50. The molecule has 1 aliphatic rings. The van der Waals surface area contributed by atoms with E-state index in [0.717, 1.165) is 43.9 Å². The fourth-order valence-electron chi connectivity index (χ4n) is 2.83. The van der Waals surface area contributed by atoms with E-state index in [1.54, 1.807) is 11.3 Å². The predicted octanol–water partition coefficient (Wildman–Crippen LogP) is 3.61. The summed E-state index contributed by atoms with van der Waals surface area (Å²) in [5.41, 5.74) is 1.13. The molecule has 116 valence electrons. The van der Waals surface area contributed by atoms with Crippen molar-refractivity contribution >= 4 is 17.2 Å². The standard InChI is InChI=1S/C18H21NO2S/c20-18(12-16-8-11-22-14-16)19-9-6-15(13-19)7-10-21-17-4-2-1-3-5-17/h1-5,8,11,14-15H,6-7,9-10,12-13H2/t15-/m1/s1. The molecule has 3 rings (SSSR count). The summed E-state index contributed by atoms with van der Waals surface area (Å²) in [6, 6.07) is 11.9. The van der Waals surface area contributed by atoms with Gasteiger partial charge in [-0.15, -0.1) is 0 Å². The number of carbonyl (C=O) groups is 1. The molecule has 3 nitrogen and oxygen atoms in total. The number of thiophene rings is 1. The van der Waals surface area contributed by atoms with Crippen molar-refractivity contribution in [2.24, 2.45) is 5.92 Å². The maximum atomic E-state index is 12.3. The van der Waals surface area contributed by atoms with Crippen molar-refractivity contribution in [2.75, 3.05) is 19.7 Å². The van der Waals surface area contributed by atoms with Gasteiger partial charge >= 0.3 is 0 Å². The summed E-state index contributed by atoms with van der Waals surface area (Å²) < 4.78 is 5.75. The highest BCUT2D eigenvalue weighted by Gasteiger charge is 2.26. The third-order valence-electron chi connectivity index (χ3n) is 4.11. The van der Waals surface area contributed by atoms with Crippen molar-refractivity contribution in [2.45, 2.75) is 19.3 Å². The van der Waals surface area contributed by atoms with E-state index in [-0.39, 0.29) is 5.91 Å². The molecule has 0 radical (unpaired) electrons. The zero-order chi connectivity index (χ0) is 15.2. The van der Waals surface area contributed by atoms with Gasteiger partial charge < -0.3 is 9.64 Å². The molecule has 0 spiro atoms. The van der Waals surface area contributed by atoms with Crippen LogP contribution in [0.5, 0.6) is 5.75 Å². The molecule has 1 atom stereocenters. The predicted molar refractivity (Wildman–Crippen MR) is 89.3 cm³/mol. The van der Waals surface area contributed by atoms with E-state index in [0.29, 0.717) is 12.3 Å². The minimum Gasteiger partial charge on any atom is -0.494 e. The lowest BCUT2D eigenvalue weighted by atomic mass is 10.1. The van der Waals surface area contributed by atoms with Crippen molar-refractivity contribution in [3.63, 3.8) is 0 Å². The van der Waals surface area contributed by atoms with Gasteiger partial charge in [-0.3, -0.25) is 4.79 Å². The number of carbonyl (C=O) groups excluding carboxylic acids is 1. The van der Waals surface area contributed by atoms with Crippen LogP contribution in [0.3, 0.4) is 0 Å². The van der Waals surface area contributed by atoms with Crippen LogP contribution in [0.2, 0.25) is 0 Å². The van der Waals surface area contributed by atoms with Crippen LogP contribution in [0.15, 0.2) is 47.2 Å². The van der Waals surface area contributed by atoms with Crippen molar-refractivity contribution in [3.05, 3.63) is 52.7 Å². The maximum absolute atomic E-state index is 12.3. The maximum Gasteiger partial charge on any atom is 0.227 e. The van der Waals surface area contributed by atoms with E-state index in [2.05, 4.69) is 5.38 Å². The highest BCUT2D eigenvalue weighted by atomic mass is 32.1. The number of nitrogens with zero attached hydrogens (tertiary/aromatic N) is 1. The molecule has 4 heteroatoms. The summed E-state index contributed by atoms with van der Waals surface area (Å²) in [5, 5.41) is 4.08. The van der Waals surface area contributed by atoms with Crippen LogP contribution in [-0.2, 0) is 11.2 Å². The molecule has 2 heterocycles. The van der Waals surface area contributed by atoms with Crippen molar-refractivity contribution < 1.29 is 9.53 Å². The van der Waals surface area contributed by atoms with Crippen LogP contribution in [0.25, 0.3) is 0 Å². The van der Waals surface area contributed by atoms with Crippen LogP contribution >= 0.6 is 11.3 Å². The molecule has 22 heavy (non-hydrogen) atoms. The van der Waals surface area contributed by atoms with Gasteiger partial charge in [-0.2, -0.15) is 11.3 Å². The lowest BCUT2D eigenvalue weighted by Gasteiger charge is -2.16. The molecule has 1 amide bonds. The van der Waals surface area contributed by atoms with E-state index in [1.165, 1.54) is 0 Å². The quantitative estimate of drug-likeness (QED) is 0.815. The first-order valence-electron chi connectivity index (χ1n) is 7.78. The molecular weight excluding hydrogens is 294 g/mol. The molecular formula is C18H21NO2S. The molecule has 0 aliphatic carbocycles. The summed E-state index contributed by atoms with van der Waals surface area (Å²) in [5.74, 6) is 1.74. The molecule has 0 bridgehead atoms. The number of ether oxygens (including phenoxy) is 1. The Labute approximate surface area is 135 Å². The second-order valence-corrected chi connectivity index (χ2v) is 6.53. The second kappa shape index (κ2) is 7.45. The van der Waals surface area contributed by atoms with E-state index in [4.69, 9.17) is 4.74 Å². The third kappa shape index (κ3) is 4.10. The Morgan fingerprint density at radius 3 is 2.91 bits per heavy atom. The molecule has 1 aromatic carbocycles. The molecule has 2 aromatic rings. The van der Waals surface area contributed by atoms with Gasteiger partial charge in [0.05, 0.1) is 13.0 Å². The number of hydrogen-bond donors (Lipinski definition) is 0. The van der Waals surface area contributed by atoms with Gasteiger partial charge in [-0.1, -0.05) is 18.2 Å². The Morgan fingerprint density at radius 2 is 2.14 bits per heavy atom. The van der Waals surface area contributed by atoms with E-state index < -0.39 is 0 Å². The normalized spacial score (nSPS) is 17.6. The van der Waals surface area contributed by atoms with Gasteiger partial charge in [0, 0.05) is 13.1 Å². The lowest BCUT2D eigenvalue weighted by Crippen LogP contribution is -2.30. The summed E-state index contributed by atoms with van der Waals surface area (Å²) in [4.78, 5) is 14.3. The van der Waals surface area contributed by atoms with Crippen LogP contribution in [-0.4, -0.2) is 30.5 Å². The Morgan fingerprint density at radius 1 is 1.27 bits per heavy atom. The highest BCUT2D eigenvalue weighted by Crippen LogP contribution is 2.21. The largest absolute Gasteiger partial charge is 0.494 e. The van der Waals surface area contributed by atoms with Crippen molar-refractivity contribution in [1.82, 2.24) is 4.90 Å². The topological polar surface area (TPSA) is 29.5 Å². The van der Waals surface area contributed by atoms with Gasteiger partial charge in [0.15, 0.2) is 0 Å². The van der Waals surface area contributed by atoms with Crippen molar-refractivity contribution in [3.8, 4) is 5.75 Å². The minimum absolute atomic E-state index is 0.255. The van der Waals surface area contributed by atoms with Crippen molar-refractivity contribution in [1.29, 1.82) is 0 Å². The summed E-state index contributed by atoms with van der Waals surface area (Å²) >= 11 is 1.65. The zero-order valence-electron chi connectivity index (χ0n) is 12.6. The molecule has 1 aromatic heterocycles. The van der Waals surface area contributed by atoms with Crippen LogP contribution in [0.4, 0.5) is 0 Å². The van der Waals surface area contributed by atoms with E-state index in [1.807, 2.05) is 46.7 Å². The number of amides is 1. The highest BCUT2D eigenvalue weighted by molar-refractivity contribution is 7.07. The first-order chi connectivity index (χ1) is 10.8. The number of para-hydroxylation sites is 1. The molecule has 1 saturated heterocycles. The molecule has 0 unspecified atom stereocenters. The summed E-state index contributed by atoms with van der Waals surface area (Å²) in [6.45, 7) is 2.49.